The minimum absolute atomic E-state index is 0.0135. The summed E-state index contributed by atoms with van der Waals surface area (Å²) in [6.45, 7) is 4.12. The number of pyridine rings is 1. The van der Waals surface area contributed by atoms with Gasteiger partial charge in [-0.2, -0.15) is 0 Å². The van der Waals surface area contributed by atoms with Gasteiger partial charge >= 0.3 is 5.97 Å². The van der Waals surface area contributed by atoms with E-state index in [9.17, 15) is 9.59 Å². The van der Waals surface area contributed by atoms with Crippen molar-refractivity contribution in [3.63, 3.8) is 0 Å². The summed E-state index contributed by atoms with van der Waals surface area (Å²) in [6, 6.07) is 4.56. The molecular weight excluding hydrogens is 254 g/mol. The molecule has 1 N–H and O–H groups in total. The summed E-state index contributed by atoms with van der Waals surface area (Å²) >= 11 is 6.03. The third kappa shape index (κ3) is 1.78. The number of halogens is 1. The molecule has 0 unspecified atom stereocenters. The van der Waals surface area contributed by atoms with E-state index in [2.05, 4.69) is 0 Å². The molecule has 0 aliphatic carbocycles. The molecular formula is C13H12ClNO3. The molecule has 0 aliphatic heterocycles. The van der Waals surface area contributed by atoms with Gasteiger partial charge in [0.25, 0.3) is 0 Å². The second kappa shape index (κ2) is 4.46. The summed E-state index contributed by atoms with van der Waals surface area (Å²) in [6.07, 6.45) is 0. The van der Waals surface area contributed by atoms with Gasteiger partial charge in [-0.25, -0.2) is 4.79 Å². The number of aromatic carboxylic acids is 1. The molecule has 5 heteroatoms. The first kappa shape index (κ1) is 12.6. The zero-order valence-corrected chi connectivity index (χ0v) is 10.8. The number of hydrogen-bond acceptors (Lipinski definition) is 2. The lowest BCUT2D eigenvalue weighted by Gasteiger charge is -2.15. The van der Waals surface area contributed by atoms with Gasteiger partial charge in [0.05, 0.1) is 15.9 Å². The lowest BCUT2D eigenvalue weighted by Crippen LogP contribution is -2.18. The number of carboxylic acids is 1. The maximum absolute atomic E-state index is 12.0. The fourth-order valence-electron chi connectivity index (χ4n) is 2.15. The van der Waals surface area contributed by atoms with Crippen LogP contribution in [0.25, 0.3) is 10.9 Å². The highest BCUT2D eigenvalue weighted by Crippen LogP contribution is 2.24. The van der Waals surface area contributed by atoms with E-state index in [0.717, 1.165) is 11.6 Å². The van der Waals surface area contributed by atoms with Gasteiger partial charge < -0.3 is 9.67 Å². The first-order valence-corrected chi connectivity index (χ1v) is 5.91. The van der Waals surface area contributed by atoms with Gasteiger partial charge in [-0.3, -0.25) is 4.79 Å². The SMILES string of the molecule is CCn1c(C(=O)O)cc(=O)c2c(Cl)ccc(C)c21. The third-order valence-corrected chi connectivity index (χ3v) is 3.25. The number of benzene rings is 1. The summed E-state index contributed by atoms with van der Waals surface area (Å²) in [7, 11) is 0. The average Bonchev–Trinajstić information content (AvgIpc) is 2.32. The second-order valence-corrected chi connectivity index (χ2v) is 4.44. The summed E-state index contributed by atoms with van der Waals surface area (Å²) in [5.41, 5.74) is 1.05. The number of nitrogens with zero attached hydrogens (tertiary/aromatic N) is 1. The number of fused-ring (bicyclic) bond motifs is 1. The van der Waals surface area contributed by atoms with Crippen LogP contribution in [0.5, 0.6) is 0 Å². The highest BCUT2D eigenvalue weighted by atomic mass is 35.5. The molecule has 1 aromatic carbocycles. The maximum Gasteiger partial charge on any atom is 0.352 e. The van der Waals surface area contributed by atoms with Crippen LogP contribution in [-0.2, 0) is 6.54 Å². The van der Waals surface area contributed by atoms with E-state index >= 15 is 0 Å². The molecule has 2 rings (SSSR count). The average molecular weight is 266 g/mol. The van der Waals surface area contributed by atoms with Crippen LogP contribution in [-0.4, -0.2) is 15.6 Å². The number of carbonyl (C=O) groups is 1. The Hall–Kier alpha value is -1.81. The van der Waals surface area contributed by atoms with Crippen LogP contribution in [0.1, 0.15) is 23.0 Å². The van der Waals surface area contributed by atoms with Crippen molar-refractivity contribution in [3.8, 4) is 0 Å². The van der Waals surface area contributed by atoms with Crippen LogP contribution in [0.3, 0.4) is 0 Å². The normalized spacial score (nSPS) is 10.8. The molecule has 1 heterocycles. The standard InChI is InChI=1S/C13H12ClNO3/c1-3-15-9(13(17)18)6-10(16)11-8(14)5-4-7(2)12(11)15/h4-6H,3H2,1-2H3,(H,17,18). The Morgan fingerprint density at radius 3 is 2.67 bits per heavy atom. The summed E-state index contributed by atoms with van der Waals surface area (Å²) in [4.78, 5) is 23.2. The van der Waals surface area contributed by atoms with Crippen molar-refractivity contribution >= 4 is 28.5 Å². The van der Waals surface area contributed by atoms with Crippen molar-refractivity contribution in [2.75, 3.05) is 0 Å². The van der Waals surface area contributed by atoms with Crippen LogP contribution < -0.4 is 5.43 Å². The van der Waals surface area contributed by atoms with Crippen LogP contribution >= 0.6 is 11.6 Å². The Morgan fingerprint density at radius 2 is 2.11 bits per heavy atom. The molecule has 1 aromatic heterocycles. The molecule has 0 amide bonds. The molecule has 0 saturated heterocycles. The molecule has 0 bridgehead atoms. The number of aromatic nitrogens is 1. The van der Waals surface area contributed by atoms with Gasteiger partial charge in [0.15, 0.2) is 5.43 Å². The number of aryl methyl sites for hydroxylation is 2. The van der Waals surface area contributed by atoms with Crippen molar-refractivity contribution in [1.29, 1.82) is 0 Å². The monoisotopic (exact) mass is 265 g/mol. The Bertz CT molecular complexity index is 703. The first-order valence-electron chi connectivity index (χ1n) is 5.53. The molecule has 0 spiro atoms. The Morgan fingerprint density at radius 1 is 1.44 bits per heavy atom. The Kier molecular flexibility index (Phi) is 3.13. The van der Waals surface area contributed by atoms with Crippen molar-refractivity contribution in [2.45, 2.75) is 20.4 Å². The fourth-order valence-corrected chi connectivity index (χ4v) is 2.40. The predicted molar refractivity (Wildman–Crippen MR) is 70.6 cm³/mol. The molecule has 18 heavy (non-hydrogen) atoms. The molecule has 94 valence electrons. The Balaban J connectivity index is 3.10. The number of hydrogen-bond donors (Lipinski definition) is 1. The number of carboxylic acid groups (broad SMARTS) is 1. The van der Waals surface area contributed by atoms with Crippen LogP contribution in [0, 0.1) is 6.92 Å². The summed E-state index contributed by atoms with van der Waals surface area (Å²) in [5.74, 6) is -1.12. The zero-order valence-electron chi connectivity index (χ0n) is 10.0. The van der Waals surface area contributed by atoms with E-state index in [1.807, 2.05) is 13.8 Å². The summed E-state index contributed by atoms with van der Waals surface area (Å²) in [5, 5.41) is 9.87. The summed E-state index contributed by atoms with van der Waals surface area (Å²) < 4.78 is 1.60. The van der Waals surface area contributed by atoms with E-state index < -0.39 is 5.97 Å². The van der Waals surface area contributed by atoms with Gasteiger partial charge in [0, 0.05) is 12.6 Å². The molecule has 0 saturated carbocycles. The molecule has 0 atom stereocenters. The highest BCUT2D eigenvalue weighted by Gasteiger charge is 2.16. The molecule has 0 radical (unpaired) electrons. The predicted octanol–water partition coefficient (Wildman–Crippen LogP) is 2.68. The Labute approximate surface area is 108 Å². The van der Waals surface area contributed by atoms with Gasteiger partial charge in [-0.15, -0.1) is 0 Å². The minimum atomic E-state index is -1.12. The lowest BCUT2D eigenvalue weighted by atomic mass is 10.1. The molecule has 4 nitrogen and oxygen atoms in total. The van der Waals surface area contributed by atoms with Crippen LogP contribution in [0.15, 0.2) is 23.0 Å². The van der Waals surface area contributed by atoms with Gasteiger partial charge in [-0.1, -0.05) is 17.7 Å². The van der Waals surface area contributed by atoms with Gasteiger partial charge in [0.1, 0.15) is 5.69 Å². The van der Waals surface area contributed by atoms with Crippen molar-refractivity contribution in [2.24, 2.45) is 0 Å². The third-order valence-electron chi connectivity index (χ3n) is 2.94. The van der Waals surface area contributed by atoms with E-state index in [0.29, 0.717) is 22.5 Å². The van der Waals surface area contributed by atoms with Crippen LogP contribution in [0.2, 0.25) is 5.02 Å². The van der Waals surface area contributed by atoms with Gasteiger partial charge in [0.2, 0.25) is 0 Å². The quantitative estimate of drug-likeness (QED) is 0.908. The van der Waals surface area contributed by atoms with E-state index in [-0.39, 0.29) is 11.1 Å². The smallest absolute Gasteiger partial charge is 0.352 e. The van der Waals surface area contributed by atoms with Crippen molar-refractivity contribution in [3.05, 3.63) is 44.7 Å². The van der Waals surface area contributed by atoms with E-state index in [4.69, 9.17) is 16.7 Å². The maximum atomic E-state index is 12.0. The minimum Gasteiger partial charge on any atom is -0.477 e. The molecule has 0 fully saturated rings. The van der Waals surface area contributed by atoms with E-state index in [1.165, 1.54) is 0 Å². The zero-order chi connectivity index (χ0) is 13.4. The van der Waals surface area contributed by atoms with Gasteiger partial charge in [-0.05, 0) is 25.5 Å². The first-order chi connectivity index (χ1) is 8.47. The van der Waals surface area contributed by atoms with E-state index in [1.54, 1.807) is 16.7 Å². The number of rotatable bonds is 2. The molecule has 0 aliphatic rings. The van der Waals surface area contributed by atoms with Crippen molar-refractivity contribution in [1.82, 2.24) is 4.57 Å². The lowest BCUT2D eigenvalue weighted by molar-refractivity contribution is 0.0685. The topological polar surface area (TPSA) is 59.3 Å². The highest BCUT2D eigenvalue weighted by molar-refractivity contribution is 6.35. The second-order valence-electron chi connectivity index (χ2n) is 4.03. The van der Waals surface area contributed by atoms with Crippen molar-refractivity contribution < 1.29 is 9.90 Å². The fraction of sp³-hybridized carbons (Fsp3) is 0.231. The van der Waals surface area contributed by atoms with Crippen LogP contribution in [0.4, 0.5) is 0 Å². The largest absolute Gasteiger partial charge is 0.477 e. The molecule has 2 aromatic rings.